The van der Waals surface area contributed by atoms with Gasteiger partial charge in [-0.25, -0.2) is 4.98 Å². The van der Waals surface area contributed by atoms with Crippen LogP contribution in [0.4, 0.5) is 0 Å². The zero-order valence-electron chi connectivity index (χ0n) is 9.62. The highest BCUT2D eigenvalue weighted by Gasteiger charge is 2.22. The summed E-state index contributed by atoms with van der Waals surface area (Å²) in [7, 11) is 0. The Labute approximate surface area is 96.1 Å². The van der Waals surface area contributed by atoms with E-state index in [0.717, 1.165) is 18.9 Å². The van der Waals surface area contributed by atoms with E-state index in [9.17, 15) is 0 Å². The first-order chi connectivity index (χ1) is 7.28. The molecule has 1 atom stereocenters. The molecule has 0 aromatic carbocycles. The van der Waals surface area contributed by atoms with Crippen LogP contribution in [0.2, 0.25) is 0 Å². The number of hydrogen-bond acceptors (Lipinski definition) is 3. The van der Waals surface area contributed by atoms with Crippen LogP contribution in [0.25, 0.3) is 0 Å². The highest BCUT2D eigenvalue weighted by molar-refractivity contribution is 7.09. The normalized spacial score (nSPS) is 18.0. The molecule has 2 nitrogen and oxygen atoms in total. The highest BCUT2D eigenvalue weighted by Crippen LogP contribution is 2.33. The lowest BCUT2D eigenvalue weighted by Crippen LogP contribution is -2.27. The maximum Gasteiger partial charge on any atom is 0.0931 e. The van der Waals surface area contributed by atoms with Gasteiger partial charge in [-0.2, -0.15) is 0 Å². The number of aromatic nitrogens is 1. The SMILES string of the molecule is CCNC(C)Cc1csc(CC2CC2)n1. The summed E-state index contributed by atoms with van der Waals surface area (Å²) in [5, 5.41) is 6.99. The van der Waals surface area contributed by atoms with Crippen LogP contribution in [0.5, 0.6) is 0 Å². The van der Waals surface area contributed by atoms with Crippen molar-refractivity contribution in [1.29, 1.82) is 0 Å². The molecule has 0 amide bonds. The largest absolute Gasteiger partial charge is 0.314 e. The molecule has 0 saturated heterocycles. The second kappa shape index (κ2) is 5.08. The number of rotatable bonds is 6. The molecule has 1 aromatic rings. The summed E-state index contributed by atoms with van der Waals surface area (Å²) >= 11 is 1.84. The van der Waals surface area contributed by atoms with Crippen molar-refractivity contribution in [1.82, 2.24) is 10.3 Å². The summed E-state index contributed by atoms with van der Waals surface area (Å²) in [5.41, 5.74) is 1.27. The van der Waals surface area contributed by atoms with Crippen LogP contribution in [0.3, 0.4) is 0 Å². The van der Waals surface area contributed by atoms with Crippen molar-refractivity contribution < 1.29 is 0 Å². The molecule has 3 heteroatoms. The van der Waals surface area contributed by atoms with Gasteiger partial charge in [0.05, 0.1) is 10.7 Å². The Kier molecular flexibility index (Phi) is 3.76. The Morgan fingerprint density at radius 3 is 3.07 bits per heavy atom. The summed E-state index contributed by atoms with van der Waals surface area (Å²) < 4.78 is 0. The predicted molar refractivity (Wildman–Crippen MR) is 65.4 cm³/mol. The van der Waals surface area contributed by atoms with Gasteiger partial charge in [-0.1, -0.05) is 6.92 Å². The number of likely N-dealkylation sites (N-methyl/N-ethyl adjacent to an activating group) is 1. The van der Waals surface area contributed by atoms with Crippen molar-refractivity contribution >= 4 is 11.3 Å². The van der Waals surface area contributed by atoms with E-state index in [1.54, 1.807) is 0 Å². The molecule has 1 heterocycles. The quantitative estimate of drug-likeness (QED) is 0.803. The molecule has 2 rings (SSSR count). The van der Waals surface area contributed by atoms with Crippen LogP contribution >= 0.6 is 11.3 Å². The molecule has 0 bridgehead atoms. The fourth-order valence-electron chi connectivity index (χ4n) is 1.84. The third kappa shape index (κ3) is 3.58. The van der Waals surface area contributed by atoms with Crippen molar-refractivity contribution in [3.8, 4) is 0 Å². The maximum atomic E-state index is 4.69. The standard InChI is InChI=1S/C12H20N2S/c1-3-13-9(2)6-11-8-15-12(14-11)7-10-4-5-10/h8-10,13H,3-7H2,1-2H3. The minimum atomic E-state index is 0.547. The zero-order valence-corrected chi connectivity index (χ0v) is 10.4. The van der Waals surface area contributed by atoms with Gasteiger partial charge in [0.15, 0.2) is 0 Å². The molecule has 1 saturated carbocycles. The van der Waals surface area contributed by atoms with E-state index in [0.29, 0.717) is 6.04 Å². The predicted octanol–water partition coefficient (Wildman–Crippen LogP) is 2.64. The molecule has 0 aliphatic heterocycles. The number of nitrogens with one attached hydrogen (secondary N) is 1. The van der Waals surface area contributed by atoms with E-state index in [4.69, 9.17) is 4.98 Å². The Morgan fingerprint density at radius 1 is 1.60 bits per heavy atom. The van der Waals surface area contributed by atoms with Gasteiger partial charge >= 0.3 is 0 Å². The van der Waals surface area contributed by atoms with E-state index in [2.05, 4.69) is 24.5 Å². The molecule has 1 aromatic heterocycles. The maximum absolute atomic E-state index is 4.69. The van der Waals surface area contributed by atoms with Crippen molar-refractivity contribution in [2.75, 3.05) is 6.54 Å². The monoisotopic (exact) mass is 224 g/mol. The lowest BCUT2D eigenvalue weighted by atomic mass is 10.2. The summed E-state index contributed by atoms with van der Waals surface area (Å²) in [4.78, 5) is 4.69. The second-order valence-corrected chi connectivity index (χ2v) is 5.49. The highest BCUT2D eigenvalue weighted by atomic mass is 32.1. The Bertz CT molecular complexity index is 304. The van der Waals surface area contributed by atoms with Gasteiger partial charge in [-0.3, -0.25) is 0 Å². The van der Waals surface area contributed by atoms with Crippen molar-refractivity contribution in [3.05, 3.63) is 16.1 Å². The van der Waals surface area contributed by atoms with Crippen LogP contribution in [-0.2, 0) is 12.8 Å². The molecule has 0 spiro atoms. The Morgan fingerprint density at radius 2 is 2.40 bits per heavy atom. The fraction of sp³-hybridized carbons (Fsp3) is 0.750. The third-order valence-electron chi connectivity index (χ3n) is 2.83. The Balaban J connectivity index is 1.82. The zero-order chi connectivity index (χ0) is 10.7. The summed E-state index contributed by atoms with van der Waals surface area (Å²) in [5.74, 6) is 0.954. The van der Waals surface area contributed by atoms with E-state index in [-0.39, 0.29) is 0 Å². The van der Waals surface area contributed by atoms with Gasteiger partial charge in [0.2, 0.25) is 0 Å². The topological polar surface area (TPSA) is 24.9 Å². The van der Waals surface area contributed by atoms with Gasteiger partial charge in [-0.15, -0.1) is 11.3 Å². The lowest BCUT2D eigenvalue weighted by molar-refractivity contribution is 0.560. The molecule has 1 aliphatic rings. The molecule has 1 aliphatic carbocycles. The van der Waals surface area contributed by atoms with E-state index >= 15 is 0 Å². The van der Waals surface area contributed by atoms with Crippen LogP contribution in [0.15, 0.2) is 5.38 Å². The van der Waals surface area contributed by atoms with E-state index in [1.165, 1.54) is 30.0 Å². The molecular weight excluding hydrogens is 204 g/mol. The van der Waals surface area contributed by atoms with Crippen LogP contribution in [0, 0.1) is 5.92 Å². The van der Waals surface area contributed by atoms with Crippen LogP contribution < -0.4 is 5.32 Å². The van der Waals surface area contributed by atoms with Crippen molar-refractivity contribution in [2.24, 2.45) is 5.92 Å². The minimum absolute atomic E-state index is 0.547. The second-order valence-electron chi connectivity index (χ2n) is 4.54. The molecule has 1 fully saturated rings. The van der Waals surface area contributed by atoms with E-state index in [1.807, 2.05) is 11.3 Å². The van der Waals surface area contributed by atoms with Crippen molar-refractivity contribution in [2.45, 2.75) is 45.6 Å². The number of nitrogens with zero attached hydrogens (tertiary/aromatic N) is 1. The summed E-state index contributed by atoms with van der Waals surface area (Å²) in [6.45, 7) is 5.42. The average molecular weight is 224 g/mol. The third-order valence-corrected chi connectivity index (χ3v) is 3.75. The first kappa shape index (κ1) is 11.1. The van der Waals surface area contributed by atoms with E-state index < -0.39 is 0 Å². The molecular formula is C12H20N2S. The average Bonchev–Trinajstić information content (AvgIpc) is 2.88. The van der Waals surface area contributed by atoms with Crippen molar-refractivity contribution in [3.63, 3.8) is 0 Å². The van der Waals surface area contributed by atoms with Gasteiger partial charge in [-0.05, 0) is 32.2 Å². The summed E-state index contributed by atoms with van der Waals surface area (Å²) in [6, 6.07) is 0.547. The van der Waals surface area contributed by atoms with Crippen LogP contribution in [-0.4, -0.2) is 17.6 Å². The first-order valence-electron chi connectivity index (χ1n) is 5.94. The van der Waals surface area contributed by atoms with Gasteiger partial charge < -0.3 is 5.32 Å². The first-order valence-corrected chi connectivity index (χ1v) is 6.82. The molecule has 0 radical (unpaired) electrons. The Hall–Kier alpha value is -0.410. The summed E-state index contributed by atoms with van der Waals surface area (Å²) in [6.07, 6.45) is 5.13. The van der Waals surface area contributed by atoms with Gasteiger partial charge in [0.25, 0.3) is 0 Å². The molecule has 1 N–H and O–H groups in total. The molecule has 15 heavy (non-hydrogen) atoms. The van der Waals surface area contributed by atoms with Gasteiger partial charge in [0, 0.05) is 24.3 Å². The minimum Gasteiger partial charge on any atom is -0.314 e. The lowest BCUT2D eigenvalue weighted by Gasteiger charge is -2.09. The smallest absolute Gasteiger partial charge is 0.0931 e. The molecule has 1 unspecified atom stereocenters. The number of hydrogen-bond donors (Lipinski definition) is 1. The van der Waals surface area contributed by atoms with Gasteiger partial charge in [0.1, 0.15) is 0 Å². The fourth-order valence-corrected chi connectivity index (χ4v) is 2.76. The number of thiazole rings is 1. The van der Waals surface area contributed by atoms with Crippen LogP contribution in [0.1, 0.15) is 37.4 Å². The molecule has 84 valence electrons.